The van der Waals surface area contributed by atoms with Gasteiger partial charge in [-0.3, -0.25) is 9.59 Å². The summed E-state index contributed by atoms with van der Waals surface area (Å²) in [6.45, 7) is 7.80. The number of thiophene rings is 1. The molecule has 1 saturated heterocycles. The second-order valence-electron chi connectivity index (χ2n) is 6.95. The highest BCUT2D eigenvalue weighted by Crippen LogP contribution is 2.23. The van der Waals surface area contributed by atoms with Crippen LogP contribution in [0.15, 0.2) is 35.7 Å². The van der Waals surface area contributed by atoms with E-state index >= 15 is 0 Å². The molecule has 1 aromatic carbocycles. The van der Waals surface area contributed by atoms with Crippen LogP contribution in [0.1, 0.15) is 22.2 Å². The summed E-state index contributed by atoms with van der Waals surface area (Å²) < 4.78 is 0. The molecule has 0 unspecified atom stereocenters. The third-order valence-electron chi connectivity index (χ3n) is 4.82. The fourth-order valence-electron chi connectivity index (χ4n) is 3.03. The maximum absolute atomic E-state index is 12.5. The predicted octanol–water partition coefficient (Wildman–Crippen LogP) is 2.57. The molecule has 2 N–H and O–H groups in total. The highest BCUT2D eigenvalue weighted by molar-refractivity contribution is 7.12. The standard InChI is InChI=1S/C20H26N4O2S/c1-14-13-16(24-10-8-23(3)9-11-24)6-7-17(14)22-19(25)15(2)21-20(26)18-5-4-12-27-18/h4-7,12-13,15H,8-11H2,1-3H3,(H,21,26)(H,22,25)/t15-/m0/s1. The lowest BCUT2D eigenvalue weighted by Gasteiger charge is -2.34. The summed E-state index contributed by atoms with van der Waals surface area (Å²) in [5.74, 6) is -0.454. The minimum Gasteiger partial charge on any atom is -0.369 e. The van der Waals surface area contributed by atoms with Gasteiger partial charge in [-0.05, 0) is 56.1 Å². The fourth-order valence-corrected chi connectivity index (χ4v) is 3.66. The van der Waals surface area contributed by atoms with E-state index in [2.05, 4.69) is 33.5 Å². The number of aryl methyl sites for hydroxylation is 1. The number of piperazine rings is 1. The number of nitrogens with one attached hydrogen (secondary N) is 2. The number of amides is 2. The molecule has 0 aliphatic carbocycles. The van der Waals surface area contributed by atoms with Crippen LogP contribution >= 0.6 is 11.3 Å². The van der Waals surface area contributed by atoms with Gasteiger partial charge in [0.25, 0.3) is 5.91 Å². The Morgan fingerprint density at radius 2 is 1.89 bits per heavy atom. The molecule has 144 valence electrons. The first-order valence-corrected chi connectivity index (χ1v) is 10.0. The van der Waals surface area contributed by atoms with E-state index in [9.17, 15) is 9.59 Å². The zero-order valence-electron chi connectivity index (χ0n) is 16.0. The quantitative estimate of drug-likeness (QED) is 0.829. The summed E-state index contributed by atoms with van der Waals surface area (Å²) in [7, 11) is 2.14. The van der Waals surface area contributed by atoms with Gasteiger partial charge in [0.05, 0.1) is 4.88 Å². The first kappa shape index (κ1) is 19.4. The highest BCUT2D eigenvalue weighted by Gasteiger charge is 2.19. The summed E-state index contributed by atoms with van der Waals surface area (Å²) in [6, 6.07) is 9.03. The van der Waals surface area contributed by atoms with Crippen molar-refractivity contribution in [3.63, 3.8) is 0 Å². The SMILES string of the molecule is Cc1cc(N2CCN(C)CC2)ccc1NC(=O)[C@H](C)NC(=O)c1cccs1. The number of nitrogens with zero attached hydrogens (tertiary/aromatic N) is 2. The molecule has 6 nitrogen and oxygen atoms in total. The Hall–Kier alpha value is -2.38. The third kappa shape index (κ3) is 4.87. The zero-order valence-corrected chi connectivity index (χ0v) is 16.8. The van der Waals surface area contributed by atoms with Crippen molar-refractivity contribution in [1.29, 1.82) is 0 Å². The van der Waals surface area contributed by atoms with Crippen LogP contribution in [0.25, 0.3) is 0 Å². The number of likely N-dealkylation sites (N-methyl/N-ethyl adjacent to an activating group) is 1. The lowest BCUT2D eigenvalue weighted by atomic mass is 10.1. The van der Waals surface area contributed by atoms with E-state index in [1.54, 1.807) is 13.0 Å². The Morgan fingerprint density at radius 1 is 1.15 bits per heavy atom. The second-order valence-corrected chi connectivity index (χ2v) is 7.90. The van der Waals surface area contributed by atoms with Gasteiger partial charge in [-0.15, -0.1) is 11.3 Å². The fraction of sp³-hybridized carbons (Fsp3) is 0.400. The third-order valence-corrected chi connectivity index (χ3v) is 5.69. The summed E-state index contributed by atoms with van der Waals surface area (Å²) >= 11 is 1.35. The van der Waals surface area contributed by atoms with Gasteiger partial charge in [0.15, 0.2) is 0 Å². The van der Waals surface area contributed by atoms with Crippen molar-refractivity contribution in [3.8, 4) is 0 Å². The first-order chi connectivity index (χ1) is 12.9. The van der Waals surface area contributed by atoms with Gasteiger partial charge in [0, 0.05) is 37.6 Å². The van der Waals surface area contributed by atoms with Crippen molar-refractivity contribution < 1.29 is 9.59 Å². The van der Waals surface area contributed by atoms with E-state index in [-0.39, 0.29) is 11.8 Å². The van der Waals surface area contributed by atoms with E-state index in [0.717, 1.165) is 37.4 Å². The van der Waals surface area contributed by atoms with E-state index in [1.807, 2.05) is 30.5 Å². The van der Waals surface area contributed by atoms with Crippen LogP contribution < -0.4 is 15.5 Å². The molecular formula is C20H26N4O2S. The number of benzene rings is 1. The summed E-state index contributed by atoms with van der Waals surface area (Å²) in [6.07, 6.45) is 0. The average Bonchev–Trinajstić information content (AvgIpc) is 3.19. The lowest BCUT2D eigenvalue weighted by molar-refractivity contribution is -0.117. The topological polar surface area (TPSA) is 64.7 Å². The van der Waals surface area contributed by atoms with E-state index in [0.29, 0.717) is 4.88 Å². The van der Waals surface area contributed by atoms with Gasteiger partial charge < -0.3 is 20.4 Å². The molecule has 0 spiro atoms. The normalized spacial score (nSPS) is 16.0. The smallest absolute Gasteiger partial charge is 0.261 e. The number of anilines is 2. The van der Waals surface area contributed by atoms with Gasteiger partial charge >= 0.3 is 0 Å². The van der Waals surface area contributed by atoms with Crippen molar-refractivity contribution in [2.45, 2.75) is 19.9 Å². The molecule has 0 radical (unpaired) electrons. The Labute approximate surface area is 164 Å². The maximum Gasteiger partial charge on any atom is 0.261 e. The van der Waals surface area contributed by atoms with Crippen LogP contribution in [0.3, 0.4) is 0 Å². The van der Waals surface area contributed by atoms with Gasteiger partial charge in [-0.25, -0.2) is 0 Å². The highest BCUT2D eigenvalue weighted by atomic mass is 32.1. The first-order valence-electron chi connectivity index (χ1n) is 9.13. The van der Waals surface area contributed by atoms with Crippen molar-refractivity contribution in [1.82, 2.24) is 10.2 Å². The van der Waals surface area contributed by atoms with Crippen LogP contribution in [0.5, 0.6) is 0 Å². The molecule has 0 bridgehead atoms. The Bertz CT molecular complexity index is 798. The number of carbonyl (C=O) groups excluding carboxylic acids is 2. The molecule has 1 atom stereocenters. The average molecular weight is 387 g/mol. The minimum absolute atomic E-state index is 0.227. The van der Waals surface area contributed by atoms with E-state index in [4.69, 9.17) is 0 Å². The minimum atomic E-state index is -0.615. The number of rotatable bonds is 5. The molecule has 7 heteroatoms. The zero-order chi connectivity index (χ0) is 19.4. The molecule has 27 heavy (non-hydrogen) atoms. The number of hydrogen-bond donors (Lipinski definition) is 2. The lowest BCUT2D eigenvalue weighted by Crippen LogP contribution is -2.44. The molecule has 2 amide bonds. The molecule has 1 aliphatic heterocycles. The largest absolute Gasteiger partial charge is 0.369 e. The maximum atomic E-state index is 12.5. The van der Waals surface area contributed by atoms with Gasteiger partial charge in [-0.1, -0.05) is 6.07 Å². The van der Waals surface area contributed by atoms with Crippen molar-refractivity contribution in [3.05, 3.63) is 46.2 Å². The van der Waals surface area contributed by atoms with Crippen molar-refractivity contribution in [2.24, 2.45) is 0 Å². The monoisotopic (exact) mass is 386 g/mol. The molecule has 2 aromatic rings. The van der Waals surface area contributed by atoms with Gasteiger partial charge in [0.2, 0.25) is 5.91 Å². The van der Waals surface area contributed by atoms with E-state index in [1.165, 1.54) is 17.0 Å². The predicted molar refractivity (Wildman–Crippen MR) is 111 cm³/mol. The van der Waals surface area contributed by atoms with Crippen LogP contribution in [-0.4, -0.2) is 56.0 Å². The molecular weight excluding hydrogens is 360 g/mol. The summed E-state index contributed by atoms with van der Waals surface area (Å²) in [5, 5.41) is 7.49. The Morgan fingerprint density at radius 3 is 2.52 bits per heavy atom. The van der Waals surface area contributed by atoms with Gasteiger partial charge in [0.1, 0.15) is 6.04 Å². The Balaban J connectivity index is 1.59. The summed E-state index contributed by atoms with van der Waals surface area (Å²) in [5.41, 5.74) is 2.96. The van der Waals surface area contributed by atoms with Crippen LogP contribution in [0, 0.1) is 6.92 Å². The second kappa shape index (κ2) is 8.54. The molecule has 1 aromatic heterocycles. The van der Waals surface area contributed by atoms with Crippen molar-refractivity contribution >= 4 is 34.5 Å². The number of hydrogen-bond acceptors (Lipinski definition) is 5. The van der Waals surface area contributed by atoms with Gasteiger partial charge in [-0.2, -0.15) is 0 Å². The van der Waals surface area contributed by atoms with Crippen LogP contribution in [0.2, 0.25) is 0 Å². The summed E-state index contributed by atoms with van der Waals surface area (Å²) in [4.78, 5) is 29.8. The Kier molecular flexibility index (Phi) is 6.13. The van der Waals surface area contributed by atoms with Crippen molar-refractivity contribution in [2.75, 3.05) is 43.4 Å². The number of carbonyl (C=O) groups is 2. The van der Waals surface area contributed by atoms with Crippen LogP contribution in [0.4, 0.5) is 11.4 Å². The molecule has 3 rings (SSSR count). The molecule has 0 saturated carbocycles. The van der Waals surface area contributed by atoms with E-state index < -0.39 is 6.04 Å². The molecule has 1 fully saturated rings. The molecule has 2 heterocycles. The van der Waals surface area contributed by atoms with Crippen LogP contribution in [-0.2, 0) is 4.79 Å². The molecule has 1 aliphatic rings.